The van der Waals surface area contributed by atoms with E-state index in [1.54, 1.807) is 0 Å². The van der Waals surface area contributed by atoms with Crippen LogP contribution < -0.4 is 5.32 Å². The summed E-state index contributed by atoms with van der Waals surface area (Å²) in [5, 5.41) is 6.94. The third-order valence-electron chi connectivity index (χ3n) is 4.36. The molecule has 0 saturated heterocycles. The van der Waals surface area contributed by atoms with Crippen molar-refractivity contribution in [3.05, 3.63) is 38.4 Å². The van der Waals surface area contributed by atoms with E-state index >= 15 is 0 Å². The number of hydrogen-bond acceptors (Lipinski definition) is 7. The Labute approximate surface area is 165 Å². The molecule has 0 aromatic carbocycles. The van der Waals surface area contributed by atoms with Crippen molar-refractivity contribution >= 4 is 45.5 Å². The van der Waals surface area contributed by atoms with Crippen LogP contribution in [0.5, 0.6) is 0 Å². The lowest BCUT2D eigenvalue weighted by atomic mass is 10.1. The van der Waals surface area contributed by atoms with Crippen molar-refractivity contribution in [2.45, 2.75) is 38.5 Å². The molecule has 2 heterocycles. The van der Waals surface area contributed by atoms with Crippen molar-refractivity contribution in [1.29, 1.82) is 0 Å². The molecule has 8 heteroatoms. The molecule has 0 aliphatic heterocycles. The molecule has 3 rings (SSSR count). The van der Waals surface area contributed by atoms with Crippen LogP contribution in [0.15, 0.2) is 16.8 Å². The molecule has 0 radical (unpaired) electrons. The number of carbonyl (C=O) groups excluding carboxylic acids is 3. The lowest BCUT2D eigenvalue weighted by Crippen LogP contribution is -2.22. The summed E-state index contributed by atoms with van der Waals surface area (Å²) in [5.74, 6) is -1.37. The number of rotatable bonds is 6. The van der Waals surface area contributed by atoms with E-state index in [9.17, 15) is 14.4 Å². The van der Waals surface area contributed by atoms with Gasteiger partial charge >= 0.3 is 11.9 Å². The van der Waals surface area contributed by atoms with Gasteiger partial charge in [0.2, 0.25) is 0 Å². The summed E-state index contributed by atoms with van der Waals surface area (Å²) in [6, 6.07) is 1.84. The summed E-state index contributed by atoms with van der Waals surface area (Å²) < 4.78 is 9.95. The van der Waals surface area contributed by atoms with Gasteiger partial charge < -0.3 is 14.8 Å². The molecule has 6 nitrogen and oxygen atoms in total. The topological polar surface area (TPSA) is 81.7 Å². The van der Waals surface area contributed by atoms with Crippen molar-refractivity contribution < 1.29 is 23.9 Å². The normalized spacial score (nSPS) is 13.4. The minimum Gasteiger partial charge on any atom is -0.465 e. The molecule has 0 atom stereocenters. The average molecular weight is 408 g/mol. The fourth-order valence-electron chi connectivity index (χ4n) is 3.07. The van der Waals surface area contributed by atoms with E-state index in [0.717, 1.165) is 48.1 Å². The third-order valence-corrected chi connectivity index (χ3v) is 6.30. The number of ether oxygens (including phenoxy) is 2. The van der Waals surface area contributed by atoms with Crippen LogP contribution in [0, 0.1) is 0 Å². The molecule has 1 aliphatic carbocycles. The Bertz CT molecular complexity index is 826. The van der Waals surface area contributed by atoms with Crippen LogP contribution in [-0.2, 0) is 38.3 Å². The summed E-state index contributed by atoms with van der Waals surface area (Å²) in [7, 11) is 1.33. The maximum absolute atomic E-state index is 12.3. The maximum Gasteiger partial charge on any atom is 0.341 e. The van der Waals surface area contributed by atoms with Crippen molar-refractivity contribution in [1.82, 2.24) is 0 Å². The van der Waals surface area contributed by atoms with Crippen LogP contribution in [-0.4, -0.2) is 31.6 Å². The Hall–Kier alpha value is -2.19. The van der Waals surface area contributed by atoms with Gasteiger partial charge in [0, 0.05) is 4.88 Å². The summed E-state index contributed by atoms with van der Waals surface area (Å²) in [4.78, 5) is 37.4. The van der Waals surface area contributed by atoms with Gasteiger partial charge in [-0.15, -0.1) is 11.3 Å². The minimum absolute atomic E-state index is 0.136. The van der Waals surface area contributed by atoms with E-state index < -0.39 is 17.8 Å². The molecular formula is C19H21NO5S2. The van der Waals surface area contributed by atoms with E-state index in [2.05, 4.69) is 5.32 Å². The lowest BCUT2D eigenvalue weighted by Gasteiger charge is -2.08. The van der Waals surface area contributed by atoms with Crippen molar-refractivity contribution in [3.8, 4) is 0 Å². The summed E-state index contributed by atoms with van der Waals surface area (Å²) in [5.41, 5.74) is 2.28. The highest BCUT2D eigenvalue weighted by Gasteiger charge is 2.26. The van der Waals surface area contributed by atoms with Crippen LogP contribution in [0.3, 0.4) is 0 Å². The molecule has 0 unspecified atom stereocenters. The number of aryl methyl sites for hydroxylation is 1. The number of anilines is 1. The molecule has 27 heavy (non-hydrogen) atoms. The number of nitrogens with one attached hydrogen (secondary N) is 1. The van der Waals surface area contributed by atoms with Gasteiger partial charge in [-0.2, -0.15) is 11.3 Å². The SMILES string of the molecule is COC(=O)c1c(NC(=O)COC(=O)Cc2ccsc2)sc2c1CCCCC2. The van der Waals surface area contributed by atoms with Gasteiger partial charge in [-0.25, -0.2) is 4.79 Å². The highest BCUT2D eigenvalue weighted by Crippen LogP contribution is 2.37. The summed E-state index contributed by atoms with van der Waals surface area (Å²) in [6.45, 7) is -0.383. The zero-order valence-electron chi connectivity index (χ0n) is 15.0. The smallest absolute Gasteiger partial charge is 0.341 e. The third kappa shape index (κ3) is 4.95. The van der Waals surface area contributed by atoms with Gasteiger partial charge in [0.05, 0.1) is 19.1 Å². The molecule has 2 aromatic rings. The van der Waals surface area contributed by atoms with Crippen LogP contribution in [0.4, 0.5) is 5.00 Å². The number of amides is 1. The summed E-state index contributed by atoms with van der Waals surface area (Å²) in [6.07, 6.45) is 5.06. The van der Waals surface area contributed by atoms with Crippen LogP contribution in [0.1, 0.15) is 45.6 Å². The Kier molecular flexibility index (Phi) is 6.63. The highest BCUT2D eigenvalue weighted by molar-refractivity contribution is 7.17. The molecule has 1 aliphatic rings. The van der Waals surface area contributed by atoms with Gasteiger partial charge in [-0.05, 0) is 53.6 Å². The van der Waals surface area contributed by atoms with Crippen LogP contribution in [0.2, 0.25) is 0 Å². The first-order chi connectivity index (χ1) is 13.1. The number of hydrogen-bond donors (Lipinski definition) is 1. The Morgan fingerprint density at radius 1 is 1.19 bits per heavy atom. The van der Waals surface area contributed by atoms with E-state index in [0.29, 0.717) is 10.6 Å². The predicted molar refractivity (Wildman–Crippen MR) is 105 cm³/mol. The second kappa shape index (κ2) is 9.14. The number of fused-ring (bicyclic) bond motifs is 1. The standard InChI is InChI=1S/C19H21NO5S2/c1-24-19(23)17-13-5-3-2-4-6-14(13)27-18(17)20-15(21)10-25-16(22)9-12-7-8-26-11-12/h7-8,11H,2-6,9-10H2,1H3,(H,20,21). The second-order valence-electron chi connectivity index (χ2n) is 6.28. The van der Waals surface area contributed by atoms with Gasteiger partial charge in [0.1, 0.15) is 5.00 Å². The van der Waals surface area contributed by atoms with E-state index in [1.165, 1.54) is 29.8 Å². The first kappa shape index (κ1) is 19.6. The van der Waals surface area contributed by atoms with Crippen molar-refractivity contribution in [2.24, 2.45) is 0 Å². The number of methoxy groups -OCH3 is 1. The summed E-state index contributed by atoms with van der Waals surface area (Å²) >= 11 is 2.91. The Morgan fingerprint density at radius 2 is 2.00 bits per heavy atom. The number of thiophene rings is 2. The van der Waals surface area contributed by atoms with Crippen molar-refractivity contribution in [3.63, 3.8) is 0 Å². The molecule has 1 N–H and O–H groups in total. The van der Waals surface area contributed by atoms with E-state index in [-0.39, 0.29) is 13.0 Å². The largest absolute Gasteiger partial charge is 0.465 e. The predicted octanol–water partition coefficient (Wildman–Crippen LogP) is 3.59. The lowest BCUT2D eigenvalue weighted by molar-refractivity contribution is -0.146. The number of esters is 2. The van der Waals surface area contributed by atoms with Crippen LogP contribution >= 0.6 is 22.7 Å². The van der Waals surface area contributed by atoms with Gasteiger partial charge in [0.15, 0.2) is 6.61 Å². The molecule has 144 valence electrons. The highest BCUT2D eigenvalue weighted by atomic mass is 32.1. The second-order valence-corrected chi connectivity index (χ2v) is 8.16. The zero-order chi connectivity index (χ0) is 19.2. The Morgan fingerprint density at radius 3 is 2.74 bits per heavy atom. The van der Waals surface area contributed by atoms with E-state index in [4.69, 9.17) is 9.47 Å². The average Bonchev–Trinajstić information content (AvgIpc) is 3.21. The molecule has 0 bridgehead atoms. The first-order valence-electron chi connectivity index (χ1n) is 8.78. The monoisotopic (exact) mass is 407 g/mol. The zero-order valence-corrected chi connectivity index (χ0v) is 16.7. The van der Waals surface area contributed by atoms with Gasteiger partial charge in [0.25, 0.3) is 5.91 Å². The molecule has 0 spiro atoms. The van der Waals surface area contributed by atoms with E-state index in [1.807, 2.05) is 16.8 Å². The molecular weight excluding hydrogens is 386 g/mol. The van der Waals surface area contributed by atoms with Gasteiger partial charge in [-0.3, -0.25) is 9.59 Å². The molecule has 2 aromatic heterocycles. The van der Waals surface area contributed by atoms with Gasteiger partial charge in [-0.1, -0.05) is 6.42 Å². The number of carbonyl (C=O) groups is 3. The first-order valence-corrected chi connectivity index (χ1v) is 10.5. The molecule has 0 saturated carbocycles. The quantitative estimate of drug-likeness (QED) is 0.585. The van der Waals surface area contributed by atoms with Crippen LogP contribution in [0.25, 0.3) is 0 Å². The fourth-order valence-corrected chi connectivity index (χ4v) is 5.03. The molecule has 1 amide bonds. The van der Waals surface area contributed by atoms with Crippen molar-refractivity contribution in [2.75, 3.05) is 19.0 Å². The molecule has 0 fully saturated rings. The Balaban J connectivity index is 1.64. The maximum atomic E-state index is 12.3. The minimum atomic E-state index is -0.463. The fraction of sp³-hybridized carbons (Fsp3) is 0.421.